The highest BCUT2D eigenvalue weighted by molar-refractivity contribution is 4.76. The molecule has 1 rings (SSSR count). The minimum atomic E-state index is 0.789. The van der Waals surface area contributed by atoms with Gasteiger partial charge in [-0.1, -0.05) is 19.8 Å². The SMILES string of the molecule is CC1CCCC1CN(C)CCN. The van der Waals surface area contributed by atoms with Gasteiger partial charge in [0.15, 0.2) is 0 Å². The van der Waals surface area contributed by atoms with Crippen molar-refractivity contribution in [1.29, 1.82) is 0 Å². The van der Waals surface area contributed by atoms with Crippen molar-refractivity contribution in [3.63, 3.8) is 0 Å². The molecule has 1 saturated carbocycles. The van der Waals surface area contributed by atoms with Crippen LogP contribution < -0.4 is 5.73 Å². The van der Waals surface area contributed by atoms with Crippen LogP contribution in [0.25, 0.3) is 0 Å². The Morgan fingerprint density at radius 1 is 1.42 bits per heavy atom. The van der Waals surface area contributed by atoms with Gasteiger partial charge in [0.1, 0.15) is 0 Å². The third-order valence-corrected chi connectivity index (χ3v) is 3.10. The van der Waals surface area contributed by atoms with E-state index in [1.54, 1.807) is 0 Å². The molecule has 1 aliphatic carbocycles. The van der Waals surface area contributed by atoms with E-state index in [1.807, 2.05) is 0 Å². The summed E-state index contributed by atoms with van der Waals surface area (Å²) in [6.45, 7) is 5.47. The van der Waals surface area contributed by atoms with Crippen molar-refractivity contribution in [3.05, 3.63) is 0 Å². The second kappa shape index (κ2) is 4.83. The predicted octanol–water partition coefficient (Wildman–Crippen LogP) is 1.31. The Labute approximate surface area is 76.1 Å². The Morgan fingerprint density at radius 2 is 2.17 bits per heavy atom. The molecule has 12 heavy (non-hydrogen) atoms. The maximum absolute atomic E-state index is 5.50. The van der Waals surface area contributed by atoms with Gasteiger partial charge in [-0.3, -0.25) is 0 Å². The Kier molecular flexibility index (Phi) is 4.02. The van der Waals surface area contributed by atoms with Crippen molar-refractivity contribution in [1.82, 2.24) is 4.90 Å². The Balaban J connectivity index is 2.20. The van der Waals surface area contributed by atoms with Crippen LogP contribution in [-0.2, 0) is 0 Å². The van der Waals surface area contributed by atoms with Crippen LogP contribution in [-0.4, -0.2) is 31.6 Å². The van der Waals surface area contributed by atoms with Crippen LogP contribution in [0.3, 0.4) is 0 Å². The molecule has 1 fully saturated rings. The lowest BCUT2D eigenvalue weighted by Crippen LogP contribution is -2.31. The Hall–Kier alpha value is -0.0800. The first-order valence-electron chi connectivity index (χ1n) is 5.12. The number of hydrogen-bond donors (Lipinski definition) is 1. The molecule has 0 heterocycles. The molecule has 0 aromatic rings. The molecule has 2 unspecified atom stereocenters. The third kappa shape index (κ3) is 2.76. The van der Waals surface area contributed by atoms with Crippen molar-refractivity contribution in [2.75, 3.05) is 26.7 Å². The average molecular weight is 170 g/mol. The lowest BCUT2D eigenvalue weighted by Gasteiger charge is -2.22. The third-order valence-electron chi connectivity index (χ3n) is 3.10. The highest BCUT2D eigenvalue weighted by Gasteiger charge is 2.23. The summed E-state index contributed by atoms with van der Waals surface area (Å²) in [5.74, 6) is 1.87. The number of hydrogen-bond acceptors (Lipinski definition) is 2. The molecule has 2 nitrogen and oxygen atoms in total. The van der Waals surface area contributed by atoms with Crippen LogP contribution in [0.15, 0.2) is 0 Å². The summed E-state index contributed by atoms with van der Waals surface area (Å²) >= 11 is 0. The minimum absolute atomic E-state index is 0.789. The van der Waals surface area contributed by atoms with E-state index in [4.69, 9.17) is 5.73 Å². The van der Waals surface area contributed by atoms with Crippen molar-refractivity contribution < 1.29 is 0 Å². The number of nitrogens with zero attached hydrogens (tertiary/aromatic N) is 1. The molecule has 1 aliphatic rings. The molecular weight excluding hydrogens is 148 g/mol. The van der Waals surface area contributed by atoms with Crippen LogP contribution >= 0.6 is 0 Å². The maximum Gasteiger partial charge on any atom is 0.0102 e. The van der Waals surface area contributed by atoms with Crippen molar-refractivity contribution >= 4 is 0 Å². The van der Waals surface area contributed by atoms with Gasteiger partial charge in [-0.2, -0.15) is 0 Å². The zero-order valence-electron chi connectivity index (χ0n) is 8.42. The summed E-state index contributed by atoms with van der Waals surface area (Å²) < 4.78 is 0. The molecule has 2 N–H and O–H groups in total. The van der Waals surface area contributed by atoms with Gasteiger partial charge in [0.2, 0.25) is 0 Å². The number of nitrogens with two attached hydrogens (primary N) is 1. The lowest BCUT2D eigenvalue weighted by molar-refractivity contribution is 0.253. The second-order valence-electron chi connectivity index (χ2n) is 4.22. The Bertz CT molecular complexity index is 125. The molecule has 0 radical (unpaired) electrons. The van der Waals surface area contributed by atoms with Gasteiger partial charge in [-0.15, -0.1) is 0 Å². The van der Waals surface area contributed by atoms with E-state index in [-0.39, 0.29) is 0 Å². The van der Waals surface area contributed by atoms with Crippen LogP contribution in [0.5, 0.6) is 0 Å². The highest BCUT2D eigenvalue weighted by Crippen LogP contribution is 2.31. The molecule has 0 saturated heterocycles. The van der Waals surface area contributed by atoms with E-state index < -0.39 is 0 Å². The minimum Gasteiger partial charge on any atom is -0.329 e. The number of likely N-dealkylation sites (N-methyl/N-ethyl adjacent to an activating group) is 1. The van der Waals surface area contributed by atoms with Crippen LogP contribution in [0.2, 0.25) is 0 Å². The van der Waals surface area contributed by atoms with Gasteiger partial charge < -0.3 is 10.6 Å². The van der Waals surface area contributed by atoms with Crippen molar-refractivity contribution in [3.8, 4) is 0 Å². The van der Waals surface area contributed by atoms with E-state index >= 15 is 0 Å². The average Bonchev–Trinajstić information content (AvgIpc) is 2.37. The van der Waals surface area contributed by atoms with Gasteiger partial charge in [-0.05, 0) is 25.3 Å². The molecule has 0 amide bonds. The van der Waals surface area contributed by atoms with E-state index in [2.05, 4.69) is 18.9 Å². The van der Waals surface area contributed by atoms with Crippen LogP contribution in [0.4, 0.5) is 0 Å². The van der Waals surface area contributed by atoms with Gasteiger partial charge >= 0.3 is 0 Å². The quantitative estimate of drug-likeness (QED) is 0.689. The summed E-state index contributed by atoms with van der Waals surface area (Å²) in [5, 5.41) is 0. The Morgan fingerprint density at radius 3 is 2.67 bits per heavy atom. The van der Waals surface area contributed by atoms with Crippen molar-refractivity contribution in [2.24, 2.45) is 17.6 Å². The summed E-state index contributed by atoms with van der Waals surface area (Å²) in [5.41, 5.74) is 5.50. The number of rotatable bonds is 4. The molecule has 0 aromatic heterocycles. The van der Waals surface area contributed by atoms with Crippen LogP contribution in [0, 0.1) is 11.8 Å². The van der Waals surface area contributed by atoms with Gasteiger partial charge in [0.05, 0.1) is 0 Å². The summed E-state index contributed by atoms with van der Waals surface area (Å²) in [6.07, 6.45) is 4.29. The fraction of sp³-hybridized carbons (Fsp3) is 1.00. The van der Waals surface area contributed by atoms with Gasteiger partial charge in [0, 0.05) is 19.6 Å². The zero-order chi connectivity index (χ0) is 8.97. The fourth-order valence-electron chi connectivity index (χ4n) is 2.21. The molecule has 2 atom stereocenters. The molecular formula is C10H22N2. The lowest BCUT2D eigenvalue weighted by atomic mass is 9.98. The van der Waals surface area contributed by atoms with Crippen LogP contribution in [0.1, 0.15) is 26.2 Å². The first kappa shape index (κ1) is 10.0. The molecule has 2 heteroatoms. The van der Waals surface area contributed by atoms with Gasteiger partial charge in [-0.25, -0.2) is 0 Å². The molecule has 0 spiro atoms. The fourth-order valence-corrected chi connectivity index (χ4v) is 2.21. The standard InChI is InChI=1S/C10H22N2/c1-9-4-3-5-10(9)8-12(2)7-6-11/h9-10H,3-8,11H2,1-2H3. The molecule has 0 bridgehead atoms. The first-order chi connectivity index (χ1) is 5.74. The van der Waals surface area contributed by atoms with E-state index in [1.165, 1.54) is 25.8 Å². The molecule has 0 aliphatic heterocycles. The predicted molar refractivity (Wildman–Crippen MR) is 53.1 cm³/mol. The summed E-state index contributed by atoms with van der Waals surface area (Å²) in [6, 6.07) is 0. The summed E-state index contributed by atoms with van der Waals surface area (Å²) in [4.78, 5) is 2.37. The smallest absolute Gasteiger partial charge is 0.0102 e. The first-order valence-corrected chi connectivity index (χ1v) is 5.12. The van der Waals surface area contributed by atoms with E-state index in [0.29, 0.717) is 0 Å². The van der Waals surface area contributed by atoms with Gasteiger partial charge in [0.25, 0.3) is 0 Å². The normalized spacial score (nSPS) is 30.0. The highest BCUT2D eigenvalue weighted by atomic mass is 15.1. The largest absolute Gasteiger partial charge is 0.329 e. The molecule has 72 valence electrons. The summed E-state index contributed by atoms with van der Waals surface area (Å²) in [7, 11) is 2.18. The zero-order valence-corrected chi connectivity index (χ0v) is 8.42. The molecule has 0 aromatic carbocycles. The van der Waals surface area contributed by atoms with Crippen molar-refractivity contribution in [2.45, 2.75) is 26.2 Å². The topological polar surface area (TPSA) is 29.3 Å². The maximum atomic E-state index is 5.50. The van der Waals surface area contributed by atoms with E-state index in [9.17, 15) is 0 Å². The second-order valence-corrected chi connectivity index (χ2v) is 4.22. The van der Waals surface area contributed by atoms with E-state index in [0.717, 1.165) is 24.9 Å². The monoisotopic (exact) mass is 170 g/mol.